The Labute approximate surface area is 144 Å². The lowest BCUT2D eigenvalue weighted by Gasteiger charge is -2.12. The third kappa shape index (κ3) is 4.28. The average Bonchev–Trinajstić information content (AvgIpc) is 3.08. The molecule has 0 aliphatic heterocycles. The number of nitrogens with one attached hydrogen (secondary N) is 2. The minimum absolute atomic E-state index is 0.0621. The van der Waals surface area contributed by atoms with Gasteiger partial charge < -0.3 is 19.8 Å². The van der Waals surface area contributed by atoms with Crippen molar-refractivity contribution in [1.29, 1.82) is 0 Å². The summed E-state index contributed by atoms with van der Waals surface area (Å²) in [5.74, 6) is 0.364. The fourth-order valence-corrected chi connectivity index (χ4v) is 2.83. The zero-order chi connectivity index (χ0) is 17.6. The minimum atomic E-state index is -2.87. The van der Waals surface area contributed by atoms with Gasteiger partial charge in [-0.15, -0.1) is 0 Å². The van der Waals surface area contributed by atoms with Crippen LogP contribution in [0.2, 0.25) is 0 Å². The zero-order valence-corrected chi connectivity index (χ0v) is 13.9. The Kier molecular flexibility index (Phi) is 5.50. The molecule has 0 radical (unpaired) electrons. The van der Waals surface area contributed by atoms with Gasteiger partial charge in [-0.2, -0.15) is 8.78 Å². The first-order valence-corrected chi connectivity index (χ1v) is 8.05. The van der Waals surface area contributed by atoms with E-state index in [9.17, 15) is 8.78 Å². The highest BCUT2D eigenvalue weighted by Crippen LogP contribution is 2.29. The molecule has 0 saturated carbocycles. The van der Waals surface area contributed by atoms with Crippen LogP contribution in [-0.2, 0) is 13.0 Å². The van der Waals surface area contributed by atoms with Crippen LogP contribution in [0.4, 0.5) is 8.78 Å². The summed E-state index contributed by atoms with van der Waals surface area (Å²) in [6, 6.07) is 13.3. The SMILES string of the molecule is COc1ccc(CCNCc2cccc3[nH]ccc23)cc1OC(F)F. The molecule has 1 heterocycles. The van der Waals surface area contributed by atoms with Crippen LogP contribution in [-0.4, -0.2) is 25.3 Å². The zero-order valence-electron chi connectivity index (χ0n) is 13.9. The number of H-pyrrole nitrogens is 1. The van der Waals surface area contributed by atoms with Crippen LogP contribution in [0.3, 0.4) is 0 Å². The van der Waals surface area contributed by atoms with Gasteiger partial charge >= 0.3 is 6.61 Å². The van der Waals surface area contributed by atoms with E-state index in [1.165, 1.54) is 18.1 Å². The largest absolute Gasteiger partial charge is 0.493 e. The second-order valence-electron chi connectivity index (χ2n) is 5.65. The molecule has 0 spiro atoms. The molecular formula is C19H20F2N2O2. The molecule has 0 fully saturated rings. The summed E-state index contributed by atoms with van der Waals surface area (Å²) in [6.07, 6.45) is 2.63. The van der Waals surface area contributed by atoms with Crippen LogP contribution in [0.15, 0.2) is 48.7 Å². The lowest BCUT2D eigenvalue weighted by Crippen LogP contribution is -2.17. The molecule has 0 unspecified atom stereocenters. The molecule has 0 bridgehead atoms. The molecule has 0 amide bonds. The third-order valence-corrected chi connectivity index (χ3v) is 4.04. The number of aromatic amines is 1. The molecule has 0 aliphatic carbocycles. The second-order valence-corrected chi connectivity index (χ2v) is 5.65. The van der Waals surface area contributed by atoms with Gasteiger partial charge in [-0.3, -0.25) is 0 Å². The molecule has 1 aromatic heterocycles. The first-order chi connectivity index (χ1) is 12.2. The van der Waals surface area contributed by atoms with Crippen LogP contribution in [0, 0.1) is 0 Å². The van der Waals surface area contributed by atoms with Crippen LogP contribution >= 0.6 is 0 Å². The van der Waals surface area contributed by atoms with Crippen molar-refractivity contribution in [1.82, 2.24) is 10.3 Å². The van der Waals surface area contributed by atoms with Crippen molar-refractivity contribution in [2.24, 2.45) is 0 Å². The van der Waals surface area contributed by atoms with E-state index in [-0.39, 0.29) is 5.75 Å². The number of fused-ring (bicyclic) bond motifs is 1. The summed E-state index contributed by atoms with van der Waals surface area (Å²) < 4.78 is 34.5. The summed E-state index contributed by atoms with van der Waals surface area (Å²) in [7, 11) is 1.43. The smallest absolute Gasteiger partial charge is 0.387 e. The third-order valence-electron chi connectivity index (χ3n) is 4.04. The summed E-state index contributed by atoms with van der Waals surface area (Å²) in [5.41, 5.74) is 3.24. The van der Waals surface area contributed by atoms with Crippen molar-refractivity contribution in [3.05, 3.63) is 59.8 Å². The maximum atomic E-state index is 12.5. The van der Waals surface area contributed by atoms with Gasteiger partial charge in [0.05, 0.1) is 7.11 Å². The van der Waals surface area contributed by atoms with E-state index in [1.54, 1.807) is 12.1 Å². The first-order valence-electron chi connectivity index (χ1n) is 8.05. The summed E-state index contributed by atoms with van der Waals surface area (Å²) in [4.78, 5) is 3.19. The summed E-state index contributed by atoms with van der Waals surface area (Å²) >= 11 is 0. The molecule has 3 aromatic rings. The van der Waals surface area contributed by atoms with Gasteiger partial charge in [0, 0.05) is 23.6 Å². The Hall–Kier alpha value is -2.60. The monoisotopic (exact) mass is 346 g/mol. The van der Waals surface area contributed by atoms with Crippen LogP contribution in [0.5, 0.6) is 11.5 Å². The molecule has 6 heteroatoms. The van der Waals surface area contributed by atoms with E-state index in [0.717, 1.165) is 24.2 Å². The van der Waals surface area contributed by atoms with E-state index in [4.69, 9.17) is 4.74 Å². The number of halogens is 2. The maximum absolute atomic E-state index is 12.5. The van der Waals surface area contributed by atoms with Gasteiger partial charge in [0.15, 0.2) is 11.5 Å². The second kappa shape index (κ2) is 7.98. The van der Waals surface area contributed by atoms with Gasteiger partial charge in [0.1, 0.15) is 0 Å². The number of rotatable bonds is 8. The number of alkyl halides is 2. The Morgan fingerprint density at radius 3 is 2.80 bits per heavy atom. The van der Waals surface area contributed by atoms with Crippen LogP contribution in [0.25, 0.3) is 10.9 Å². The molecule has 3 rings (SSSR count). The lowest BCUT2D eigenvalue weighted by atomic mass is 10.1. The normalized spacial score (nSPS) is 11.2. The van der Waals surface area contributed by atoms with E-state index < -0.39 is 6.61 Å². The molecule has 2 N–H and O–H groups in total. The van der Waals surface area contributed by atoms with Gasteiger partial charge in [-0.1, -0.05) is 18.2 Å². The Morgan fingerprint density at radius 1 is 1.12 bits per heavy atom. The standard InChI is InChI=1S/C19H20F2N2O2/c1-24-17-6-5-13(11-18(17)25-19(20)21)7-9-22-12-14-3-2-4-16-15(14)8-10-23-16/h2-6,8,10-11,19,22-23H,7,9,12H2,1H3. The minimum Gasteiger partial charge on any atom is -0.493 e. The molecule has 0 atom stereocenters. The number of ether oxygens (including phenoxy) is 2. The molecule has 0 saturated heterocycles. The number of benzene rings is 2. The predicted octanol–water partition coefficient (Wildman–Crippen LogP) is 4.11. The van der Waals surface area contributed by atoms with Crippen molar-refractivity contribution in [3.63, 3.8) is 0 Å². The van der Waals surface area contributed by atoms with Crippen molar-refractivity contribution in [2.75, 3.05) is 13.7 Å². The number of methoxy groups -OCH3 is 1. The number of aromatic nitrogens is 1. The van der Waals surface area contributed by atoms with E-state index in [0.29, 0.717) is 12.2 Å². The van der Waals surface area contributed by atoms with E-state index in [2.05, 4.69) is 27.2 Å². The van der Waals surface area contributed by atoms with Crippen molar-refractivity contribution < 1.29 is 18.3 Å². The molecule has 0 aliphatic rings. The molecule has 132 valence electrons. The number of hydrogen-bond acceptors (Lipinski definition) is 3. The highest BCUT2D eigenvalue weighted by Gasteiger charge is 2.11. The lowest BCUT2D eigenvalue weighted by molar-refractivity contribution is -0.0512. The molecule has 2 aromatic carbocycles. The Morgan fingerprint density at radius 2 is 2.00 bits per heavy atom. The highest BCUT2D eigenvalue weighted by atomic mass is 19.3. The van der Waals surface area contributed by atoms with Gasteiger partial charge in [-0.25, -0.2) is 0 Å². The van der Waals surface area contributed by atoms with Gasteiger partial charge in [0.2, 0.25) is 0 Å². The highest BCUT2D eigenvalue weighted by molar-refractivity contribution is 5.82. The fourth-order valence-electron chi connectivity index (χ4n) is 2.83. The van der Waals surface area contributed by atoms with Crippen LogP contribution < -0.4 is 14.8 Å². The van der Waals surface area contributed by atoms with E-state index in [1.807, 2.05) is 24.4 Å². The Bertz CT molecular complexity index is 833. The van der Waals surface area contributed by atoms with Crippen molar-refractivity contribution in [3.8, 4) is 11.5 Å². The predicted molar refractivity (Wildman–Crippen MR) is 93.3 cm³/mol. The van der Waals surface area contributed by atoms with Crippen molar-refractivity contribution >= 4 is 10.9 Å². The quantitative estimate of drug-likeness (QED) is 0.604. The summed E-state index contributed by atoms with van der Waals surface area (Å²) in [5, 5.41) is 4.59. The average molecular weight is 346 g/mol. The molecule has 25 heavy (non-hydrogen) atoms. The maximum Gasteiger partial charge on any atom is 0.387 e. The molecule has 4 nitrogen and oxygen atoms in total. The van der Waals surface area contributed by atoms with Gasteiger partial charge in [-0.05, 0) is 48.4 Å². The fraction of sp³-hybridized carbons (Fsp3) is 0.263. The van der Waals surface area contributed by atoms with E-state index >= 15 is 0 Å². The topological polar surface area (TPSA) is 46.3 Å². The van der Waals surface area contributed by atoms with Crippen molar-refractivity contribution in [2.45, 2.75) is 19.6 Å². The molecular weight excluding hydrogens is 326 g/mol. The van der Waals surface area contributed by atoms with Gasteiger partial charge in [0.25, 0.3) is 0 Å². The summed E-state index contributed by atoms with van der Waals surface area (Å²) in [6.45, 7) is -1.41. The number of hydrogen-bond donors (Lipinski definition) is 2. The van der Waals surface area contributed by atoms with Crippen LogP contribution in [0.1, 0.15) is 11.1 Å². The first kappa shape index (κ1) is 17.2. The Balaban J connectivity index is 1.57.